The predicted molar refractivity (Wildman–Crippen MR) is 108 cm³/mol. The van der Waals surface area contributed by atoms with Crippen LogP contribution in [0.5, 0.6) is 0 Å². The van der Waals surface area contributed by atoms with Crippen LogP contribution in [0.4, 0.5) is 4.39 Å². The topological polar surface area (TPSA) is 64.1 Å². The molecule has 0 aliphatic heterocycles. The smallest absolute Gasteiger partial charge is 0.152 e. The summed E-state index contributed by atoms with van der Waals surface area (Å²) in [6.07, 6.45) is 1.59. The van der Waals surface area contributed by atoms with Crippen molar-refractivity contribution in [2.24, 2.45) is 5.14 Å². The maximum Gasteiger partial charge on any atom is 0.152 e. The number of rotatable bonds is 7. The molecule has 0 amide bonds. The van der Waals surface area contributed by atoms with E-state index in [0.29, 0.717) is 17.7 Å². The van der Waals surface area contributed by atoms with Gasteiger partial charge >= 0.3 is 0 Å². The van der Waals surface area contributed by atoms with Crippen LogP contribution in [0, 0.1) is 5.82 Å². The molecule has 0 aliphatic carbocycles. The van der Waals surface area contributed by atoms with Gasteiger partial charge in [0.2, 0.25) is 0 Å². The van der Waals surface area contributed by atoms with Gasteiger partial charge in [-0.2, -0.15) is 0 Å². The minimum absolute atomic E-state index is 0.240. The van der Waals surface area contributed by atoms with Crippen LogP contribution >= 0.6 is 23.5 Å². The van der Waals surface area contributed by atoms with Crippen molar-refractivity contribution in [3.05, 3.63) is 70.5 Å². The fraction of sp³-hybridized carbons (Fsp3) is 0.250. The van der Waals surface area contributed by atoms with E-state index in [2.05, 4.69) is 4.98 Å². The first kappa shape index (κ1) is 19.9. The Morgan fingerprint density at radius 2 is 2.04 bits per heavy atom. The Morgan fingerprint density at radius 3 is 2.70 bits per heavy atom. The van der Waals surface area contributed by atoms with Crippen LogP contribution in [-0.4, -0.2) is 14.7 Å². The first-order chi connectivity index (χ1) is 13.1. The lowest BCUT2D eigenvalue weighted by Crippen LogP contribution is -2.10. The zero-order valence-electron chi connectivity index (χ0n) is 15.0. The molecular weight excluding hydrogens is 385 g/mol. The molecule has 3 aromatic rings. The molecule has 142 valence electrons. The standard InChI is InChI=1S/C20H21ClFN3OS/c1-2-5-19-24-20(21)17(12-26)25(19)11-14-9-8-13(10-16(14)22)15-6-3-4-7-18(15)27-23/h3-4,6-10,26H,2,5,11-12,23H2,1H3. The molecule has 0 atom stereocenters. The Labute approximate surface area is 167 Å². The quantitative estimate of drug-likeness (QED) is 0.554. The van der Waals surface area contributed by atoms with Crippen molar-refractivity contribution < 1.29 is 9.50 Å². The highest BCUT2D eigenvalue weighted by atomic mass is 35.5. The first-order valence-electron chi connectivity index (χ1n) is 8.68. The molecule has 0 fully saturated rings. The Hall–Kier alpha value is -1.86. The molecular formula is C20H21ClFN3OS. The number of aryl methyl sites for hydroxylation is 1. The summed E-state index contributed by atoms with van der Waals surface area (Å²) in [5.74, 6) is 0.431. The largest absolute Gasteiger partial charge is 0.390 e. The minimum atomic E-state index is -0.319. The zero-order chi connectivity index (χ0) is 19.4. The number of aromatic nitrogens is 2. The van der Waals surface area contributed by atoms with Gasteiger partial charge in [0.25, 0.3) is 0 Å². The number of nitrogens with two attached hydrogens (primary N) is 1. The van der Waals surface area contributed by atoms with E-state index in [0.717, 1.165) is 40.2 Å². The van der Waals surface area contributed by atoms with E-state index in [-0.39, 0.29) is 24.1 Å². The summed E-state index contributed by atoms with van der Waals surface area (Å²) in [7, 11) is 0. The van der Waals surface area contributed by atoms with E-state index in [1.165, 1.54) is 6.07 Å². The molecule has 4 nitrogen and oxygen atoms in total. The molecule has 0 spiro atoms. The van der Waals surface area contributed by atoms with Crippen LogP contribution in [0.3, 0.4) is 0 Å². The molecule has 0 saturated heterocycles. The molecule has 1 heterocycles. The Morgan fingerprint density at radius 1 is 1.26 bits per heavy atom. The summed E-state index contributed by atoms with van der Waals surface area (Å²) in [5, 5.41) is 15.6. The summed E-state index contributed by atoms with van der Waals surface area (Å²) >= 11 is 7.27. The molecule has 0 radical (unpaired) electrons. The lowest BCUT2D eigenvalue weighted by Gasteiger charge is -2.13. The highest BCUT2D eigenvalue weighted by molar-refractivity contribution is 7.97. The lowest BCUT2D eigenvalue weighted by atomic mass is 10.0. The van der Waals surface area contributed by atoms with Crippen molar-refractivity contribution in [2.45, 2.75) is 37.8 Å². The number of imidazole rings is 1. The summed E-state index contributed by atoms with van der Waals surface area (Å²) in [4.78, 5) is 5.20. The molecule has 3 N–H and O–H groups in total. The van der Waals surface area contributed by atoms with Crippen molar-refractivity contribution in [2.75, 3.05) is 0 Å². The predicted octanol–water partition coefficient (Wildman–Crippen LogP) is 4.80. The lowest BCUT2D eigenvalue weighted by molar-refractivity contribution is 0.271. The number of hydrogen-bond acceptors (Lipinski definition) is 4. The second-order valence-corrected chi connectivity index (χ2v) is 7.21. The van der Waals surface area contributed by atoms with E-state index in [4.69, 9.17) is 16.7 Å². The number of aliphatic hydroxyl groups excluding tert-OH is 1. The van der Waals surface area contributed by atoms with E-state index in [9.17, 15) is 9.50 Å². The maximum absolute atomic E-state index is 14.8. The number of hydrogen-bond donors (Lipinski definition) is 2. The average molecular weight is 406 g/mol. The molecule has 3 rings (SSSR count). The third-order valence-electron chi connectivity index (χ3n) is 4.43. The zero-order valence-corrected chi connectivity index (χ0v) is 16.5. The molecule has 1 aromatic heterocycles. The highest BCUT2D eigenvalue weighted by Gasteiger charge is 2.17. The van der Waals surface area contributed by atoms with Gasteiger partial charge in [-0.25, -0.2) is 9.37 Å². The van der Waals surface area contributed by atoms with Crippen molar-refractivity contribution in [3.8, 4) is 11.1 Å². The summed E-state index contributed by atoms with van der Waals surface area (Å²) in [6, 6.07) is 12.8. The van der Waals surface area contributed by atoms with E-state index < -0.39 is 0 Å². The first-order valence-corrected chi connectivity index (χ1v) is 9.94. The molecule has 0 unspecified atom stereocenters. The third kappa shape index (κ3) is 4.19. The molecule has 0 saturated carbocycles. The van der Waals surface area contributed by atoms with E-state index in [1.54, 1.807) is 10.6 Å². The Balaban J connectivity index is 1.96. The normalized spacial score (nSPS) is 11.1. The second kappa shape index (κ2) is 8.89. The van der Waals surface area contributed by atoms with Gasteiger partial charge in [-0.05, 0) is 41.6 Å². The fourth-order valence-electron chi connectivity index (χ4n) is 3.08. The molecule has 27 heavy (non-hydrogen) atoms. The second-order valence-electron chi connectivity index (χ2n) is 6.18. The SMILES string of the molecule is CCCc1nc(Cl)c(CO)n1Cc1ccc(-c2ccccc2SN)cc1F. The van der Waals surface area contributed by atoms with Crippen LogP contribution in [0.2, 0.25) is 5.15 Å². The van der Waals surface area contributed by atoms with Gasteiger partial charge in [0, 0.05) is 16.9 Å². The van der Waals surface area contributed by atoms with Crippen LogP contribution in [0.15, 0.2) is 47.4 Å². The summed E-state index contributed by atoms with van der Waals surface area (Å²) in [6.45, 7) is 2.06. The van der Waals surface area contributed by atoms with Crippen LogP contribution in [0.1, 0.15) is 30.4 Å². The van der Waals surface area contributed by atoms with Crippen molar-refractivity contribution in [1.29, 1.82) is 0 Å². The summed E-state index contributed by atoms with van der Waals surface area (Å²) < 4.78 is 16.6. The number of halogens is 2. The van der Waals surface area contributed by atoms with Gasteiger partial charge in [0.05, 0.1) is 18.8 Å². The Bertz CT molecular complexity index is 945. The molecule has 2 aromatic carbocycles. The van der Waals surface area contributed by atoms with Crippen LogP contribution in [-0.2, 0) is 19.6 Å². The highest BCUT2D eigenvalue weighted by Crippen LogP contribution is 2.30. The van der Waals surface area contributed by atoms with E-state index >= 15 is 0 Å². The number of benzene rings is 2. The number of aliphatic hydroxyl groups is 1. The van der Waals surface area contributed by atoms with Gasteiger partial charge in [-0.1, -0.05) is 48.9 Å². The molecule has 0 bridgehead atoms. The molecule has 0 aliphatic rings. The molecule has 7 heteroatoms. The van der Waals surface area contributed by atoms with Crippen molar-refractivity contribution >= 4 is 23.5 Å². The van der Waals surface area contributed by atoms with Gasteiger partial charge in [0.15, 0.2) is 5.15 Å². The van der Waals surface area contributed by atoms with Gasteiger partial charge in [-0.3, -0.25) is 5.14 Å². The summed E-state index contributed by atoms with van der Waals surface area (Å²) in [5.41, 5.74) is 2.68. The minimum Gasteiger partial charge on any atom is -0.390 e. The monoisotopic (exact) mass is 405 g/mol. The van der Waals surface area contributed by atoms with Gasteiger partial charge in [0.1, 0.15) is 11.6 Å². The van der Waals surface area contributed by atoms with E-state index in [1.807, 2.05) is 37.3 Å². The van der Waals surface area contributed by atoms with Gasteiger partial charge < -0.3 is 9.67 Å². The van der Waals surface area contributed by atoms with Crippen LogP contribution < -0.4 is 5.14 Å². The van der Waals surface area contributed by atoms with Crippen molar-refractivity contribution in [3.63, 3.8) is 0 Å². The third-order valence-corrected chi connectivity index (χ3v) is 5.35. The average Bonchev–Trinajstić information content (AvgIpc) is 2.97. The maximum atomic E-state index is 14.8. The van der Waals surface area contributed by atoms with Gasteiger partial charge in [-0.15, -0.1) is 0 Å². The Kier molecular flexibility index (Phi) is 6.55. The van der Waals surface area contributed by atoms with Crippen LogP contribution in [0.25, 0.3) is 11.1 Å². The van der Waals surface area contributed by atoms with Crippen molar-refractivity contribution in [1.82, 2.24) is 9.55 Å². The number of nitrogens with zero attached hydrogens (tertiary/aromatic N) is 2. The fourth-order valence-corrected chi connectivity index (χ4v) is 3.81.